The molecule has 5 nitrogen and oxygen atoms in total. The van der Waals surface area contributed by atoms with Crippen molar-refractivity contribution in [1.82, 2.24) is 4.57 Å². The highest BCUT2D eigenvalue weighted by Gasteiger charge is 2.28. The second-order valence-electron chi connectivity index (χ2n) is 5.50. The van der Waals surface area contributed by atoms with Crippen LogP contribution in [0, 0.1) is 0 Å². The van der Waals surface area contributed by atoms with Gasteiger partial charge in [-0.1, -0.05) is 23.7 Å². The van der Waals surface area contributed by atoms with Crippen molar-refractivity contribution >= 4 is 23.2 Å². The lowest BCUT2D eigenvalue weighted by atomic mass is 10.2. The molecule has 0 unspecified atom stereocenters. The standard InChI is InChI=1S/C17H17ClN2O3/c1-12-11-20(14-6-4-5-13(18)17(14)23-12)16(22)8-10-19-9-3-2-7-15(19)21/h2-7,9,12H,8,10-11H2,1H3/t12-/m0/s1. The van der Waals surface area contributed by atoms with Crippen LogP contribution in [0.25, 0.3) is 0 Å². The van der Waals surface area contributed by atoms with Gasteiger partial charge in [0.15, 0.2) is 5.75 Å². The Morgan fingerprint density at radius 1 is 1.30 bits per heavy atom. The number of pyridine rings is 1. The van der Waals surface area contributed by atoms with Gasteiger partial charge in [-0.2, -0.15) is 0 Å². The Bertz CT molecular complexity index is 787. The van der Waals surface area contributed by atoms with Crippen LogP contribution in [-0.4, -0.2) is 23.1 Å². The average Bonchev–Trinajstić information content (AvgIpc) is 2.54. The van der Waals surface area contributed by atoms with Gasteiger partial charge in [0.2, 0.25) is 5.91 Å². The molecule has 6 heteroatoms. The zero-order chi connectivity index (χ0) is 16.4. The first kappa shape index (κ1) is 15.6. The minimum absolute atomic E-state index is 0.0561. The molecule has 1 aromatic heterocycles. The van der Waals surface area contributed by atoms with Crippen LogP contribution in [0.5, 0.6) is 5.75 Å². The summed E-state index contributed by atoms with van der Waals surface area (Å²) in [6.45, 7) is 2.71. The van der Waals surface area contributed by atoms with E-state index in [1.807, 2.05) is 13.0 Å². The van der Waals surface area contributed by atoms with E-state index in [0.717, 1.165) is 0 Å². The number of rotatable bonds is 3. The number of nitrogens with zero attached hydrogens (tertiary/aromatic N) is 2. The van der Waals surface area contributed by atoms with Crippen molar-refractivity contribution < 1.29 is 9.53 Å². The van der Waals surface area contributed by atoms with Crippen LogP contribution in [0.1, 0.15) is 13.3 Å². The first-order valence-electron chi connectivity index (χ1n) is 7.47. The number of aromatic nitrogens is 1. The van der Waals surface area contributed by atoms with Gasteiger partial charge >= 0.3 is 0 Å². The Labute approximate surface area is 139 Å². The van der Waals surface area contributed by atoms with Gasteiger partial charge < -0.3 is 14.2 Å². The molecule has 0 aliphatic carbocycles. The zero-order valence-electron chi connectivity index (χ0n) is 12.7. The predicted octanol–water partition coefficient (Wildman–Crippen LogP) is 2.71. The van der Waals surface area contributed by atoms with Crippen LogP contribution in [0.15, 0.2) is 47.4 Å². The van der Waals surface area contributed by atoms with Crippen molar-refractivity contribution in [1.29, 1.82) is 0 Å². The third-order valence-electron chi connectivity index (χ3n) is 3.76. The summed E-state index contributed by atoms with van der Waals surface area (Å²) >= 11 is 6.16. The second kappa shape index (κ2) is 6.46. The lowest BCUT2D eigenvalue weighted by Crippen LogP contribution is -2.42. The predicted molar refractivity (Wildman–Crippen MR) is 89.2 cm³/mol. The number of fused-ring (bicyclic) bond motifs is 1. The smallest absolute Gasteiger partial charge is 0.250 e. The molecule has 0 N–H and O–H groups in total. The molecule has 0 radical (unpaired) electrons. The summed E-state index contributed by atoms with van der Waals surface area (Å²) in [5.41, 5.74) is 0.570. The summed E-state index contributed by atoms with van der Waals surface area (Å²) in [5, 5.41) is 0.492. The molecule has 1 atom stereocenters. The number of carbonyl (C=O) groups excluding carboxylic acids is 1. The van der Waals surface area contributed by atoms with Crippen molar-refractivity contribution in [3.8, 4) is 5.75 Å². The molecule has 23 heavy (non-hydrogen) atoms. The van der Waals surface area contributed by atoms with Crippen molar-refractivity contribution in [2.24, 2.45) is 0 Å². The van der Waals surface area contributed by atoms with Gasteiger partial charge in [-0.3, -0.25) is 9.59 Å². The summed E-state index contributed by atoms with van der Waals surface area (Å²) in [5.74, 6) is 0.484. The number of benzene rings is 1. The van der Waals surface area contributed by atoms with E-state index in [1.165, 1.54) is 10.6 Å². The fourth-order valence-corrected chi connectivity index (χ4v) is 2.87. The molecule has 1 aromatic carbocycles. The molecule has 1 amide bonds. The topological polar surface area (TPSA) is 51.5 Å². The maximum Gasteiger partial charge on any atom is 0.250 e. The van der Waals surface area contributed by atoms with Crippen LogP contribution >= 0.6 is 11.6 Å². The van der Waals surface area contributed by atoms with E-state index in [4.69, 9.17) is 16.3 Å². The van der Waals surface area contributed by atoms with E-state index in [2.05, 4.69) is 0 Å². The van der Waals surface area contributed by atoms with Gasteiger partial charge in [-0.25, -0.2) is 0 Å². The zero-order valence-corrected chi connectivity index (χ0v) is 13.5. The van der Waals surface area contributed by atoms with E-state index in [-0.39, 0.29) is 24.0 Å². The van der Waals surface area contributed by atoms with E-state index in [0.29, 0.717) is 29.5 Å². The molecule has 1 aliphatic heterocycles. The Kier molecular flexibility index (Phi) is 4.39. The third kappa shape index (κ3) is 3.24. The number of aryl methyl sites for hydroxylation is 1. The number of anilines is 1. The summed E-state index contributed by atoms with van der Waals surface area (Å²) in [4.78, 5) is 26.0. The molecule has 0 saturated heterocycles. The van der Waals surface area contributed by atoms with Crippen LogP contribution in [0.2, 0.25) is 5.02 Å². The molecule has 0 spiro atoms. The Balaban J connectivity index is 1.79. The minimum Gasteiger partial charge on any atom is -0.485 e. The summed E-state index contributed by atoms with van der Waals surface area (Å²) in [6, 6.07) is 10.3. The SMILES string of the molecule is C[C@H]1CN(C(=O)CCn2ccccc2=O)c2cccc(Cl)c2O1. The molecule has 120 valence electrons. The Morgan fingerprint density at radius 3 is 2.91 bits per heavy atom. The molecule has 3 rings (SSSR count). The summed E-state index contributed by atoms with van der Waals surface area (Å²) in [7, 11) is 0. The number of ether oxygens (including phenoxy) is 1. The first-order chi connectivity index (χ1) is 11.1. The normalized spacial score (nSPS) is 16.6. The molecule has 0 bridgehead atoms. The van der Waals surface area contributed by atoms with Gasteiger partial charge in [-0.05, 0) is 25.1 Å². The van der Waals surface area contributed by atoms with E-state index in [9.17, 15) is 9.59 Å². The van der Waals surface area contributed by atoms with Gasteiger partial charge in [0.05, 0.1) is 17.3 Å². The maximum atomic E-state index is 12.6. The van der Waals surface area contributed by atoms with Crippen LogP contribution in [-0.2, 0) is 11.3 Å². The van der Waals surface area contributed by atoms with Gasteiger partial charge in [0, 0.05) is 25.2 Å². The monoisotopic (exact) mass is 332 g/mol. The largest absolute Gasteiger partial charge is 0.485 e. The van der Waals surface area contributed by atoms with E-state index >= 15 is 0 Å². The number of carbonyl (C=O) groups is 1. The molecule has 0 saturated carbocycles. The Hall–Kier alpha value is -2.27. The third-order valence-corrected chi connectivity index (χ3v) is 4.06. The fraction of sp³-hybridized carbons (Fsp3) is 0.294. The lowest BCUT2D eigenvalue weighted by Gasteiger charge is -2.34. The first-order valence-corrected chi connectivity index (χ1v) is 7.85. The number of para-hydroxylation sites is 1. The number of hydrogen-bond donors (Lipinski definition) is 0. The van der Waals surface area contributed by atoms with Crippen molar-refractivity contribution in [3.05, 3.63) is 58.0 Å². The number of amides is 1. The molecule has 2 heterocycles. The molecule has 1 aliphatic rings. The van der Waals surface area contributed by atoms with Crippen LogP contribution in [0.4, 0.5) is 5.69 Å². The summed E-state index contributed by atoms with van der Waals surface area (Å²) in [6.07, 6.45) is 1.79. The highest BCUT2D eigenvalue weighted by molar-refractivity contribution is 6.32. The maximum absolute atomic E-state index is 12.6. The highest BCUT2D eigenvalue weighted by Crippen LogP contribution is 2.39. The van der Waals surface area contributed by atoms with Crippen molar-refractivity contribution in [2.75, 3.05) is 11.4 Å². The molecular weight excluding hydrogens is 316 g/mol. The quantitative estimate of drug-likeness (QED) is 0.868. The van der Waals surface area contributed by atoms with Crippen LogP contribution in [0.3, 0.4) is 0 Å². The molecule has 2 aromatic rings. The van der Waals surface area contributed by atoms with Gasteiger partial charge in [0.25, 0.3) is 5.56 Å². The highest BCUT2D eigenvalue weighted by atomic mass is 35.5. The average molecular weight is 333 g/mol. The lowest BCUT2D eigenvalue weighted by molar-refractivity contribution is -0.119. The summed E-state index contributed by atoms with van der Waals surface area (Å²) < 4.78 is 7.27. The number of halogens is 1. The van der Waals surface area contributed by atoms with E-state index in [1.54, 1.807) is 35.4 Å². The van der Waals surface area contributed by atoms with Gasteiger partial charge in [0.1, 0.15) is 6.10 Å². The fourth-order valence-electron chi connectivity index (χ4n) is 2.65. The Morgan fingerprint density at radius 2 is 2.13 bits per heavy atom. The van der Waals surface area contributed by atoms with Gasteiger partial charge in [-0.15, -0.1) is 0 Å². The molecular formula is C17H17ClN2O3. The van der Waals surface area contributed by atoms with Crippen molar-refractivity contribution in [3.63, 3.8) is 0 Å². The molecule has 0 fully saturated rings. The number of hydrogen-bond acceptors (Lipinski definition) is 3. The second-order valence-corrected chi connectivity index (χ2v) is 5.91. The van der Waals surface area contributed by atoms with Crippen molar-refractivity contribution in [2.45, 2.75) is 26.0 Å². The minimum atomic E-state index is -0.134. The van der Waals surface area contributed by atoms with E-state index < -0.39 is 0 Å². The van der Waals surface area contributed by atoms with Crippen LogP contribution < -0.4 is 15.2 Å².